The van der Waals surface area contributed by atoms with Gasteiger partial charge in [0.05, 0.1) is 35.7 Å². The summed E-state index contributed by atoms with van der Waals surface area (Å²) in [6, 6.07) is 5.15. The lowest BCUT2D eigenvalue weighted by Gasteiger charge is -2.38. The fraction of sp³-hybridized carbons (Fsp3) is 0.621. The smallest absolute Gasteiger partial charge is 0.333 e. The van der Waals surface area contributed by atoms with E-state index in [0.717, 1.165) is 49.8 Å². The number of hydrazine groups is 1. The Hall–Kier alpha value is -3.15. The number of ketones is 1. The van der Waals surface area contributed by atoms with E-state index < -0.39 is 6.04 Å². The first-order chi connectivity index (χ1) is 19.4. The minimum Gasteiger partial charge on any atom is -0.379 e. The van der Waals surface area contributed by atoms with Gasteiger partial charge in [-0.2, -0.15) is 10.2 Å². The molecule has 40 heavy (non-hydrogen) atoms. The molecule has 6 rings (SSSR count). The van der Waals surface area contributed by atoms with Crippen LogP contribution in [0.3, 0.4) is 0 Å². The Kier molecular flexibility index (Phi) is 7.69. The topological polar surface area (TPSA) is 119 Å². The average molecular weight is 550 g/mol. The Labute approximate surface area is 235 Å². The van der Waals surface area contributed by atoms with E-state index in [4.69, 9.17) is 4.74 Å². The summed E-state index contributed by atoms with van der Waals surface area (Å²) in [5, 5.41) is 13.7. The number of likely N-dealkylation sites (tertiary alicyclic amines) is 1. The van der Waals surface area contributed by atoms with Crippen molar-refractivity contribution in [2.45, 2.75) is 50.6 Å². The maximum Gasteiger partial charge on any atom is 0.333 e. The number of carbonyl (C=O) groups is 3. The Balaban J connectivity index is 1.12. The highest BCUT2D eigenvalue weighted by atomic mass is 16.5. The molecule has 0 spiro atoms. The number of piperidine rings is 1. The molecule has 11 nitrogen and oxygen atoms in total. The molecule has 0 aromatic heterocycles. The Morgan fingerprint density at radius 1 is 1.05 bits per heavy atom. The largest absolute Gasteiger partial charge is 0.379 e. The van der Waals surface area contributed by atoms with Crippen molar-refractivity contribution in [3.05, 3.63) is 40.6 Å². The van der Waals surface area contributed by atoms with Gasteiger partial charge in [-0.05, 0) is 57.8 Å². The number of ether oxygens (including phenoxy) is 1. The van der Waals surface area contributed by atoms with Gasteiger partial charge in [0.15, 0.2) is 5.78 Å². The van der Waals surface area contributed by atoms with Crippen LogP contribution in [0.5, 0.6) is 0 Å². The summed E-state index contributed by atoms with van der Waals surface area (Å²) in [6.07, 6.45) is 5.72. The van der Waals surface area contributed by atoms with Crippen LogP contribution in [0.4, 0.5) is 10.5 Å². The number of urea groups is 1. The zero-order chi connectivity index (χ0) is 27.8. The summed E-state index contributed by atoms with van der Waals surface area (Å²) < 4.78 is 5.33. The molecule has 3 amide bonds. The van der Waals surface area contributed by atoms with Crippen LogP contribution in [-0.2, 0) is 9.53 Å². The van der Waals surface area contributed by atoms with E-state index in [9.17, 15) is 14.4 Å². The summed E-state index contributed by atoms with van der Waals surface area (Å²) in [6.45, 7) is 3.71. The molecule has 0 radical (unpaired) electrons. The maximum atomic E-state index is 13.7. The number of nitrogens with zero attached hydrogens (tertiary/aromatic N) is 5. The predicted octanol–water partition coefficient (Wildman–Crippen LogP) is 3.37. The van der Waals surface area contributed by atoms with Gasteiger partial charge in [-0.1, -0.05) is 18.6 Å². The highest BCUT2D eigenvalue weighted by Crippen LogP contribution is 2.49. The van der Waals surface area contributed by atoms with Gasteiger partial charge in [0.1, 0.15) is 6.04 Å². The molecule has 3 atom stereocenters. The standard InChI is InChI=1S/C29H39N7O4/c1-34(2)20-6-3-5-19(17-20)28(38)35-11-9-18(10-12-35)25-24-26(32-31-25)21-7-4-8-22(23(21)27(24)37)30-29(39)33-36-13-15-40-16-14-36/h4,7-8,18-20,26H,3,5-6,9-17H2,1-2H3,(H2,30,33,39). The number of allylic oxidation sites excluding steroid dienone is 1. The number of azo groups is 1. The second kappa shape index (κ2) is 11.4. The molecule has 0 bridgehead atoms. The fourth-order valence-corrected chi connectivity index (χ4v) is 6.88. The third-order valence-electron chi connectivity index (χ3n) is 9.13. The monoisotopic (exact) mass is 549 g/mol. The molecule has 1 aromatic rings. The minimum atomic E-state index is -0.425. The zero-order valence-corrected chi connectivity index (χ0v) is 23.4. The lowest BCUT2D eigenvalue weighted by Crippen LogP contribution is -2.49. The number of morpholine rings is 1. The SMILES string of the molecule is CN(C)C1CCCC(C(=O)N2CCC(C3=C4C(=O)c5c(NC(=O)NN6CCOCC6)cccc5C4N=N3)CC2)C1. The van der Waals surface area contributed by atoms with Crippen LogP contribution >= 0.6 is 0 Å². The number of hydrogen-bond acceptors (Lipinski definition) is 8. The van der Waals surface area contributed by atoms with E-state index in [1.807, 2.05) is 17.0 Å². The summed E-state index contributed by atoms with van der Waals surface area (Å²) in [5.74, 6) is 0.363. The van der Waals surface area contributed by atoms with Crippen molar-refractivity contribution in [1.82, 2.24) is 20.2 Å². The second-order valence-electron chi connectivity index (χ2n) is 11.8. The van der Waals surface area contributed by atoms with Gasteiger partial charge in [0.2, 0.25) is 5.91 Å². The number of amides is 3. The number of benzene rings is 1. The lowest BCUT2D eigenvalue weighted by atomic mass is 9.83. The molecular weight excluding hydrogens is 510 g/mol. The minimum absolute atomic E-state index is 0.0907. The van der Waals surface area contributed by atoms with Gasteiger partial charge in [0.25, 0.3) is 0 Å². The summed E-state index contributed by atoms with van der Waals surface area (Å²) >= 11 is 0. The van der Waals surface area contributed by atoms with E-state index >= 15 is 0 Å². The number of carbonyl (C=O) groups excluding carboxylic acids is 3. The van der Waals surface area contributed by atoms with Crippen molar-refractivity contribution in [3.63, 3.8) is 0 Å². The maximum absolute atomic E-state index is 13.7. The molecule has 5 aliphatic rings. The molecule has 2 aliphatic carbocycles. The Bertz CT molecular complexity index is 1230. The first-order valence-corrected chi connectivity index (χ1v) is 14.6. The molecule has 3 unspecified atom stereocenters. The number of nitrogens with one attached hydrogen (secondary N) is 2. The summed E-state index contributed by atoms with van der Waals surface area (Å²) in [7, 11) is 4.20. The highest BCUT2D eigenvalue weighted by Gasteiger charge is 2.44. The molecule has 2 N–H and O–H groups in total. The lowest BCUT2D eigenvalue weighted by molar-refractivity contribution is -0.138. The van der Waals surface area contributed by atoms with E-state index in [0.29, 0.717) is 62.3 Å². The van der Waals surface area contributed by atoms with E-state index in [1.54, 1.807) is 11.1 Å². The summed E-state index contributed by atoms with van der Waals surface area (Å²) in [5.41, 5.74) is 5.98. The molecule has 1 aromatic carbocycles. The van der Waals surface area contributed by atoms with E-state index in [2.05, 4.69) is 40.0 Å². The van der Waals surface area contributed by atoms with Gasteiger partial charge in [-0.25, -0.2) is 9.80 Å². The number of anilines is 1. The average Bonchev–Trinajstić information content (AvgIpc) is 3.53. The molecule has 3 fully saturated rings. The zero-order valence-electron chi connectivity index (χ0n) is 23.4. The van der Waals surface area contributed by atoms with Gasteiger partial charge >= 0.3 is 6.03 Å². The van der Waals surface area contributed by atoms with Crippen molar-refractivity contribution < 1.29 is 19.1 Å². The van der Waals surface area contributed by atoms with Crippen LogP contribution in [0.1, 0.15) is 60.5 Å². The second-order valence-corrected chi connectivity index (χ2v) is 11.8. The van der Waals surface area contributed by atoms with Crippen LogP contribution in [0.2, 0.25) is 0 Å². The van der Waals surface area contributed by atoms with E-state index in [-0.39, 0.29) is 29.6 Å². The molecule has 3 aliphatic heterocycles. The first kappa shape index (κ1) is 27.0. The Morgan fingerprint density at radius 3 is 2.58 bits per heavy atom. The molecule has 3 heterocycles. The number of hydrogen-bond donors (Lipinski definition) is 2. The van der Waals surface area contributed by atoms with Crippen molar-refractivity contribution in [2.24, 2.45) is 22.1 Å². The Morgan fingerprint density at radius 2 is 1.82 bits per heavy atom. The van der Waals surface area contributed by atoms with Gasteiger partial charge in [-0.15, -0.1) is 0 Å². The molecule has 11 heteroatoms. The first-order valence-electron chi connectivity index (χ1n) is 14.6. The van der Waals surface area contributed by atoms with Crippen molar-refractivity contribution in [3.8, 4) is 0 Å². The van der Waals surface area contributed by atoms with Gasteiger partial charge in [0, 0.05) is 44.1 Å². The predicted molar refractivity (Wildman–Crippen MR) is 149 cm³/mol. The van der Waals surface area contributed by atoms with Gasteiger partial charge in [-0.3, -0.25) is 15.0 Å². The molecule has 1 saturated carbocycles. The number of fused-ring (bicyclic) bond motifs is 3. The van der Waals surface area contributed by atoms with E-state index in [1.165, 1.54) is 0 Å². The van der Waals surface area contributed by atoms with Crippen LogP contribution in [0.25, 0.3) is 0 Å². The van der Waals surface area contributed by atoms with Crippen LogP contribution in [0.15, 0.2) is 39.7 Å². The van der Waals surface area contributed by atoms with Crippen molar-refractivity contribution in [2.75, 3.05) is 58.8 Å². The number of Topliss-reactive ketones (excluding diaryl/α,β-unsaturated/α-hetero) is 1. The summed E-state index contributed by atoms with van der Waals surface area (Å²) in [4.78, 5) is 44.0. The quantitative estimate of drug-likeness (QED) is 0.581. The molecular formula is C29H39N7O4. The fourth-order valence-electron chi connectivity index (χ4n) is 6.88. The van der Waals surface area contributed by atoms with Crippen LogP contribution < -0.4 is 10.7 Å². The third-order valence-corrected chi connectivity index (χ3v) is 9.13. The highest BCUT2D eigenvalue weighted by molar-refractivity contribution is 6.19. The van der Waals surface area contributed by atoms with Crippen LogP contribution in [0, 0.1) is 11.8 Å². The normalized spacial score (nSPS) is 27.2. The van der Waals surface area contributed by atoms with Gasteiger partial charge < -0.3 is 19.9 Å². The van der Waals surface area contributed by atoms with Crippen molar-refractivity contribution in [1.29, 1.82) is 0 Å². The third kappa shape index (κ3) is 5.17. The number of rotatable bonds is 5. The van der Waals surface area contributed by atoms with Crippen molar-refractivity contribution >= 4 is 23.4 Å². The molecule has 214 valence electrons. The molecule has 2 saturated heterocycles. The van der Waals surface area contributed by atoms with Crippen LogP contribution in [-0.4, -0.2) is 92.1 Å².